The van der Waals surface area contributed by atoms with Crippen molar-refractivity contribution in [1.82, 2.24) is 4.90 Å². The van der Waals surface area contributed by atoms with Crippen LogP contribution in [0, 0.1) is 23.1 Å². The molecule has 1 fully saturated rings. The fourth-order valence-corrected chi connectivity index (χ4v) is 3.43. The molecule has 0 aliphatic carbocycles. The Hall–Kier alpha value is -2.42. The normalized spacial score (nSPS) is 20.8. The number of nitriles is 1. The van der Waals surface area contributed by atoms with Crippen molar-refractivity contribution in [2.24, 2.45) is 5.92 Å². The largest absolute Gasteiger partial charge is 0.396 e. The molecule has 2 aromatic rings. The Morgan fingerprint density at radius 1 is 1.20 bits per heavy atom. The lowest BCUT2D eigenvalue weighted by Crippen LogP contribution is -2.47. The molecule has 0 unspecified atom stereocenters. The van der Waals surface area contributed by atoms with Gasteiger partial charge in [0, 0.05) is 38.2 Å². The van der Waals surface area contributed by atoms with Gasteiger partial charge in [0.1, 0.15) is 17.4 Å². The summed E-state index contributed by atoms with van der Waals surface area (Å²) >= 11 is 0. The summed E-state index contributed by atoms with van der Waals surface area (Å²) in [7, 11) is 0. The van der Waals surface area contributed by atoms with E-state index < -0.39 is 5.82 Å². The monoisotopic (exact) mass is 339 g/mol. The van der Waals surface area contributed by atoms with Crippen molar-refractivity contribution in [1.29, 1.82) is 5.26 Å². The van der Waals surface area contributed by atoms with Crippen LogP contribution in [0.3, 0.4) is 0 Å². The lowest BCUT2D eigenvalue weighted by Gasteiger charge is -2.38. The molecule has 0 spiro atoms. The van der Waals surface area contributed by atoms with Crippen molar-refractivity contribution in [2.75, 3.05) is 25.0 Å². The smallest absolute Gasteiger partial charge is 0.143 e. The van der Waals surface area contributed by atoms with Crippen molar-refractivity contribution in [3.8, 4) is 6.07 Å². The van der Waals surface area contributed by atoms with Crippen LogP contribution in [0.4, 0.5) is 10.1 Å². The van der Waals surface area contributed by atoms with Crippen LogP contribution in [-0.4, -0.2) is 35.7 Å². The highest BCUT2D eigenvalue weighted by Crippen LogP contribution is 2.25. The summed E-state index contributed by atoms with van der Waals surface area (Å²) in [5.74, 6) is -0.484. The number of hydrogen-bond donors (Lipinski definition) is 2. The number of anilines is 1. The Morgan fingerprint density at radius 3 is 2.72 bits per heavy atom. The van der Waals surface area contributed by atoms with Gasteiger partial charge in [-0.05, 0) is 24.1 Å². The van der Waals surface area contributed by atoms with Gasteiger partial charge in [-0.25, -0.2) is 4.39 Å². The summed E-state index contributed by atoms with van der Waals surface area (Å²) in [5.41, 5.74) is 1.79. The topological polar surface area (TPSA) is 59.3 Å². The molecule has 2 aromatic carbocycles. The summed E-state index contributed by atoms with van der Waals surface area (Å²) in [5, 5.41) is 22.2. The van der Waals surface area contributed by atoms with Gasteiger partial charge in [-0.15, -0.1) is 0 Å². The van der Waals surface area contributed by atoms with Crippen molar-refractivity contribution < 1.29 is 9.50 Å². The first kappa shape index (κ1) is 17.4. The third-order valence-electron chi connectivity index (χ3n) is 4.77. The zero-order valence-electron chi connectivity index (χ0n) is 14.0. The van der Waals surface area contributed by atoms with E-state index in [2.05, 4.69) is 22.3 Å². The Kier molecular flexibility index (Phi) is 5.64. The molecule has 1 aliphatic heterocycles. The van der Waals surface area contributed by atoms with E-state index in [1.807, 2.05) is 24.3 Å². The maximum Gasteiger partial charge on any atom is 0.143 e. The summed E-state index contributed by atoms with van der Waals surface area (Å²) < 4.78 is 13.8. The number of nitrogens with one attached hydrogen (secondary N) is 1. The van der Waals surface area contributed by atoms with Crippen LogP contribution in [0.25, 0.3) is 0 Å². The highest BCUT2D eigenvalue weighted by atomic mass is 19.1. The average molecular weight is 339 g/mol. The number of aliphatic hydroxyl groups excluding tert-OH is 1. The predicted molar refractivity (Wildman–Crippen MR) is 95.4 cm³/mol. The number of piperidine rings is 1. The first-order valence-electron chi connectivity index (χ1n) is 8.53. The Morgan fingerprint density at radius 2 is 2.00 bits per heavy atom. The molecule has 130 valence electrons. The lowest BCUT2D eigenvalue weighted by molar-refractivity contribution is 0.105. The van der Waals surface area contributed by atoms with E-state index in [-0.39, 0.29) is 24.1 Å². The molecule has 3 rings (SSSR count). The molecule has 2 atom stereocenters. The summed E-state index contributed by atoms with van der Waals surface area (Å²) in [6.45, 7) is 2.56. The number of benzene rings is 2. The van der Waals surface area contributed by atoms with Gasteiger partial charge in [-0.3, -0.25) is 4.90 Å². The van der Waals surface area contributed by atoms with Crippen molar-refractivity contribution in [3.05, 3.63) is 65.5 Å². The molecule has 0 aromatic heterocycles. The molecular formula is C20H22FN3O. The fraction of sp³-hybridized carbons (Fsp3) is 0.350. The van der Waals surface area contributed by atoms with E-state index in [0.717, 1.165) is 26.1 Å². The zero-order chi connectivity index (χ0) is 17.6. The van der Waals surface area contributed by atoms with Crippen LogP contribution in [-0.2, 0) is 6.54 Å². The molecule has 0 amide bonds. The van der Waals surface area contributed by atoms with Crippen LogP contribution in [0.1, 0.15) is 17.5 Å². The van der Waals surface area contributed by atoms with Crippen LogP contribution in [0.2, 0.25) is 0 Å². The maximum atomic E-state index is 13.8. The van der Waals surface area contributed by atoms with Crippen LogP contribution < -0.4 is 5.32 Å². The molecule has 1 saturated heterocycles. The molecule has 0 radical (unpaired) electrons. The molecular weight excluding hydrogens is 317 g/mol. The predicted octanol–water partition coefficient (Wildman–Crippen LogP) is 2.99. The SMILES string of the molecule is N#Cc1c(F)cccc1N[C@H]1CCN(Cc2ccccc2)C[C@H]1CO. The molecule has 0 saturated carbocycles. The Bertz CT molecular complexity index is 744. The summed E-state index contributed by atoms with van der Waals surface area (Å²) in [6.07, 6.45) is 0.833. The van der Waals surface area contributed by atoms with Crippen LogP contribution in [0.15, 0.2) is 48.5 Å². The summed E-state index contributed by atoms with van der Waals surface area (Å²) in [4.78, 5) is 2.32. The van der Waals surface area contributed by atoms with E-state index in [4.69, 9.17) is 0 Å². The minimum Gasteiger partial charge on any atom is -0.396 e. The Balaban J connectivity index is 1.67. The first-order chi connectivity index (χ1) is 12.2. The van der Waals surface area contributed by atoms with Crippen molar-refractivity contribution >= 4 is 5.69 Å². The first-order valence-corrected chi connectivity index (χ1v) is 8.53. The van der Waals surface area contributed by atoms with Gasteiger partial charge < -0.3 is 10.4 Å². The van der Waals surface area contributed by atoms with Gasteiger partial charge in [-0.2, -0.15) is 5.26 Å². The van der Waals surface area contributed by atoms with Crippen molar-refractivity contribution in [3.63, 3.8) is 0 Å². The second kappa shape index (κ2) is 8.11. The van der Waals surface area contributed by atoms with E-state index in [1.54, 1.807) is 12.1 Å². The molecule has 2 N–H and O–H groups in total. The second-order valence-electron chi connectivity index (χ2n) is 6.48. The molecule has 0 bridgehead atoms. The highest BCUT2D eigenvalue weighted by molar-refractivity contribution is 5.58. The van der Waals surface area contributed by atoms with Gasteiger partial charge in [0.25, 0.3) is 0 Å². The number of nitrogens with zero attached hydrogens (tertiary/aromatic N) is 2. The lowest BCUT2D eigenvalue weighted by atomic mass is 9.91. The third kappa shape index (κ3) is 4.16. The third-order valence-corrected chi connectivity index (χ3v) is 4.77. The molecule has 1 heterocycles. The van der Waals surface area contributed by atoms with Gasteiger partial charge in [0.2, 0.25) is 0 Å². The second-order valence-corrected chi connectivity index (χ2v) is 6.48. The van der Waals surface area contributed by atoms with Gasteiger partial charge in [0.05, 0.1) is 5.69 Å². The minimum atomic E-state index is -0.519. The molecule has 4 nitrogen and oxygen atoms in total. The number of aliphatic hydroxyl groups is 1. The zero-order valence-corrected chi connectivity index (χ0v) is 14.0. The maximum absolute atomic E-state index is 13.8. The molecule has 5 heteroatoms. The summed E-state index contributed by atoms with van der Waals surface area (Å²) in [6, 6.07) is 16.8. The fourth-order valence-electron chi connectivity index (χ4n) is 3.43. The van der Waals surface area contributed by atoms with E-state index in [0.29, 0.717) is 5.69 Å². The highest BCUT2D eigenvalue weighted by Gasteiger charge is 2.29. The van der Waals surface area contributed by atoms with Crippen molar-refractivity contribution in [2.45, 2.75) is 19.0 Å². The number of likely N-dealkylation sites (tertiary alicyclic amines) is 1. The van der Waals surface area contributed by atoms with E-state index >= 15 is 0 Å². The van der Waals surface area contributed by atoms with E-state index in [1.165, 1.54) is 11.6 Å². The number of halogens is 1. The number of rotatable bonds is 5. The minimum absolute atomic E-state index is 0.0194. The number of hydrogen-bond acceptors (Lipinski definition) is 4. The standard InChI is InChI=1S/C20H22FN3O/c21-18-7-4-8-20(17(18)11-22)23-19-9-10-24(13-16(19)14-25)12-15-5-2-1-3-6-15/h1-8,16,19,23,25H,9-10,12-14H2/t16-,19-/m0/s1. The van der Waals surface area contributed by atoms with Gasteiger partial charge in [0.15, 0.2) is 0 Å². The van der Waals surface area contributed by atoms with E-state index in [9.17, 15) is 14.8 Å². The Labute approximate surface area is 147 Å². The van der Waals surface area contributed by atoms with Crippen LogP contribution in [0.5, 0.6) is 0 Å². The quantitative estimate of drug-likeness (QED) is 0.879. The van der Waals surface area contributed by atoms with Gasteiger partial charge in [-0.1, -0.05) is 36.4 Å². The molecule has 1 aliphatic rings. The average Bonchev–Trinajstić information content (AvgIpc) is 2.64. The molecule has 25 heavy (non-hydrogen) atoms. The van der Waals surface area contributed by atoms with Gasteiger partial charge >= 0.3 is 0 Å². The van der Waals surface area contributed by atoms with Crippen LogP contribution >= 0.6 is 0 Å².